The molecule has 3 nitrogen and oxygen atoms in total. The first-order valence-corrected chi connectivity index (χ1v) is 6.77. The summed E-state index contributed by atoms with van der Waals surface area (Å²) in [6.45, 7) is 3.36. The van der Waals surface area contributed by atoms with Gasteiger partial charge in [0.25, 0.3) is 0 Å². The Kier molecular flexibility index (Phi) is 5.16. The van der Waals surface area contributed by atoms with Gasteiger partial charge in [-0.2, -0.15) is 0 Å². The van der Waals surface area contributed by atoms with Crippen LogP contribution in [0.25, 0.3) is 0 Å². The highest BCUT2D eigenvalue weighted by molar-refractivity contribution is 5.28. The highest BCUT2D eigenvalue weighted by Crippen LogP contribution is 2.17. The largest absolute Gasteiger partial charge is 0.497 e. The molecule has 2 N–H and O–H groups in total. The van der Waals surface area contributed by atoms with Crippen LogP contribution in [0.15, 0.2) is 48.5 Å². The highest BCUT2D eigenvalue weighted by Gasteiger charge is 2.06. The summed E-state index contributed by atoms with van der Waals surface area (Å²) in [5.41, 5.74) is 3.37. The zero-order valence-corrected chi connectivity index (χ0v) is 12.0. The number of aliphatic hydroxyl groups excluding tert-OH is 1. The first-order valence-electron chi connectivity index (χ1n) is 6.77. The topological polar surface area (TPSA) is 41.5 Å². The number of rotatable bonds is 6. The minimum atomic E-state index is -0.508. The van der Waals surface area contributed by atoms with Crippen molar-refractivity contribution in [3.8, 4) is 5.75 Å². The Morgan fingerprint density at radius 1 is 1.05 bits per heavy atom. The van der Waals surface area contributed by atoms with Crippen molar-refractivity contribution in [2.45, 2.75) is 19.6 Å². The van der Waals surface area contributed by atoms with Crippen LogP contribution in [0, 0.1) is 6.92 Å². The Balaban J connectivity index is 1.82. The second-order valence-corrected chi connectivity index (χ2v) is 4.91. The average Bonchev–Trinajstić information content (AvgIpc) is 2.49. The normalized spacial score (nSPS) is 12.2. The van der Waals surface area contributed by atoms with E-state index in [1.807, 2.05) is 24.3 Å². The molecule has 106 valence electrons. The summed E-state index contributed by atoms with van der Waals surface area (Å²) in [4.78, 5) is 0. The number of methoxy groups -OCH3 is 1. The maximum Gasteiger partial charge on any atom is 0.118 e. The second-order valence-electron chi connectivity index (χ2n) is 4.91. The summed E-state index contributed by atoms with van der Waals surface area (Å²) < 4.78 is 5.10. The van der Waals surface area contributed by atoms with Gasteiger partial charge in [-0.05, 0) is 30.2 Å². The van der Waals surface area contributed by atoms with Crippen LogP contribution >= 0.6 is 0 Å². The van der Waals surface area contributed by atoms with E-state index in [-0.39, 0.29) is 0 Å². The van der Waals surface area contributed by atoms with Crippen LogP contribution in [-0.2, 0) is 6.54 Å². The number of nitrogens with one attached hydrogen (secondary N) is 1. The Hall–Kier alpha value is -1.84. The fourth-order valence-electron chi connectivity index (χ4n) is 2.00. The molecule has 0 spiro atoms. The fraction of sp³-hybridized carbons (Fsp3) is 0.294. The van der Waals surface area contributed by atoms with Gasteiger partial charge >= 0.3 is 0 Å². The van der Waals surface area contributed by atoms with Crippen molar-refractivity contribution in [2.24, 2.45) is 0 Å². The molecule has 0 fully saturated rings. The first kappa shape index (κ1) is 14.6. The van der Waals surface area contributed by atoms with E-state index in [1.54, 1.807) is 7.11 Å². The van der Waals surface area contributed by atoms with Gasteiger partial charge in [0, 0.05) is 13.1 Å². The van der Waals surface area contributed by atoms with Crippen molar-refractivity contribution in [1.82, 2.24) is 5.32 Å². The van der Waals surface area contributed by atoms with Crippen molar-refractivity contribution in [1.29, 1.82) is 0 Å². The number of benzene rings is 2. The molecule has 3 heteroatoms. The van der Waals surface area contributed by atoms with Gasteiger partial charge in [0.2, 0.25) is 0 Å². The summed E-state index contributed by atoms with van der Waals surface area (Å²) in [7, 11) is 1.63. The molecule has 1 atom stereocenters. The number of aryl methyl sites for hydroxylation is 1. The van der Waals surface area contributed by atoms with E-state index in [9.17, 15) is 5.11 Å². The molecule has 2 aromatic rings. The van der Waals surface area contributed by atoms with Crippen LogP contribution in [0.2, 0.25) is 0 Å². The van der Waals surface area contributed by atoms with Gasteiger partial charge in [0.1, 0.15) is 5.75 Å². The Bertz CT molecular complexity index is 520. The lowest BCUT2D eigenvalue weighted by Gasteiger charge is -2.13. The predicted octanol–water partition coefficient (Wildman–Crippen LogP) is 2.83. The van der Waals surface area contributed by atoms with Gasteiger partial charge in [-0.15, -0.1) is 0 Å². The zero-order valence-electron chi connectivity index (χ0n) is 12.0. The standard InChI is InChI=1S/C17H21NO2/c1-13-3-5-14(6-4-13)11-18-12-17(19)15-7-9-16(20-2)10-8-15/h3-10,17-19H,11-12H2,1-2H3/t17-/m0/s1. The Morgan fingerprint density at radius 2 is 1.70 bits per heavy atom. The van der Waals surface area contributed by atoms with Gasteiger partial charge in [-0.3, -0.25) is 0 Å². The van der Waals surface area contributed by atoms with Crippen LogP contribution in [0.3, 0.4) is 0 Å². The molecular weight excluding hydrogens is 250 g/mol. The third-order valence-electron chi connectivity index (χ3n) is 3.29. The lowest BCUT2D eigenvalue weighted by Crippen LogP contribution is -2.21. The molecule has 0 saturated carbocycles. The predicted molar refractivity (Wildman–Crippen MR) is 80.8 cm³/mol. The zero-order chi connectivity index (χ0) is 14.4. The van der Waals surface area contributed by atoms with Gasteiger partial charge in [0.15, 0.2) is 0 Å². The summed E-state index contributed by atoms with van der Waals surface area (Å²) in [5, 5.41) is 13.4. The summed E-state index contributed by atoms with van der Waals surface area (Å²) in [6, 6.07) is 15.9. The first-order chi connectivity index (χ1) is 9.69. The second kappa shape index (κ2) is 7.08. The van der Waals surface area contributed by atoms with E-state index >= 15 is 0 Å². The van der Waals surface area contributed by atoms with Crippen molar-refractivity contribution in [3.05, 3.63) is 65.2 Å². The molecule has 0 amide bonds. The molecule has 20 heavy (non-hydrogen) atoms. The van der Waals surface area contributed by atoms with E-state index in [0.29, 0.717) is 6.54 Å². The molecule has 0 saturated heterocycles. The molecule has 0 aliphatic rings. The van der Waals surface area contributed by atoms with E-state index < -0.39 is 6.10 Å². The van der Waals surface area contributed by atoms with Crippen molar-refractivity contribution < 1.29 is 9.84 Å². The molecule has 2 aromatic carbocycles. The number of hydrogen-bond donors (Lipinski definition) is 2. The van der Waals surface area contributed by atoms with E-state index in [0.717, 1.165) is 17.9 Å². The molecule has 0 aliphatic heterocycles. The van der Waals surface area contributed by atoms with Crippen molar-refractivity contribution in [3.63, 3.8) is 0 Å². The molecule has 0 unspecified atom stereocenters. The molecule has 0 aromatic heterocycles. The minimum Gasteiger partial charge on any atom is -0.497 e. The molecular formula is C17H21NO2. The van der Waals surface area contributed by atoms with Gasteiger partial charge < -0.3 is 15.2 Å². The molecule has 0 bridgehead atoms. The van der Waals surface area contributed by atoms with Gasteiger partial charge in [0.05, 0.1) is 13.2 Å². The van der Waals surface area contributed by atoms with Crippen molar-refractivity contribution >= 4 is 0 Å². The van der Waals surface area contributed by atoms with Crippen LogP contribution in [0.4, 0.5) is 0 Å². The van der Waals surface area contributed by atoms with Crippen LogP contribution in [-0.4, -0.2) is 18.8 Å². The number of ether oxygens (including phenoxy) is 1. The number of aliphatic hydroxyl groups is 1. The SMILES string of the molecule is COc1ccc([C@@H](O)CNCc2ccc(C)cc2)cc1. The lowest BCUT2D eigenvalue weighted by atomic mass is 10.1. The van der Waals surface area contributed by atoms with Crippen LogP contribution in [0.1, 0.15) is 22.8 Å². The third kappa shape index (κ3) is 4.08. The summed E-state index contributed by atoms with van der Waals surface area (Å²) >= 11 is 0. The molecule has 2 rings (SSSR count). The van der Waals surface area contributed by atoms with E-state index in [2.05, 4.69) is 36.5 Å². The van der Waals surface area contributed by atoms with Crippen molar-refractivity contribution in [2.75, 3.05) is 13.7 Å². The van der Waals surface area contributed by atoms with E-state index in [4.69, 9.17) is 4.74 Å². The molecule has 0 aliphatic carbocycles. The maximum atomic E-state index is 10.1. The molecule has 0 heterocycles. The van der Waals surface area contributed by atoms with Crippen LogP contribution < -0.4 is 10.1 Å². The monoisotopic (exact) mass is 271 g/mol. The van der Waals surface area contributed by atoms with Gasteiger partial charge in [-0.25, -0.2) is 0 Å². The summed E-state index contributed by atoms with van der Waals surface area (Å²) in [6.07, 6.45) is -0.508. The third-order valence-corrected chi connectivity index (χ3v) is 3.29. The minimum absolute atomic E-state index is 0.508. The maximum absolute atomic E-state index is 10.1. The number of hydrogen-bond acceptors (Lipinski definition) is 3. The average molecular weight is 271 g/mol. The fourth-order valence-corrected chi connectivity index (χ4v) is 2.00. The quantitative estimate of drug-likeness (QED) is 0.849. The van der Waals surface area contributed by atoms with Crippen LogP contribution in [0.5, 0.6) is 5.75 Å². The highest BCUT2D eigenvalue weighted by atomic mass is 16.5. The molecule has 0 radical (unpaired) electrons. The van der Waals surface area contributed by atoms with Gasteiger partial charge in [-0.1, -0.05) is 42.0 Å². The Labute approximate surface area is 120 Å². The Morgan fingerprint density at radius 3 is 2.30 bits per heavy atom. The summed E-state index contributed by atoms with van der Waals surface area (Å²) in [5.74, 6) is 0.800. The smallest absolute Gasteiger partial charge is 0.118 e. The van der Waals surface area contributed by atoms with E-state index in [1.165, 1.54) is 11.1 Å². The lowest BCUT2D eigenvalue weighted by molar-refractivity contribution is 0.174.